The third-order valence-electron chi connectivity index (χ3n) is 2.43. The fraction of sp³-hybridized carbons (Fsp3) is 0.467. The minimum absolute atomic E-state index is 0.0282. The Hall–Kier alpha value is -1.90. The molecule has 108 valence electrons. The number of carbonyl (C=O) groups is 1. The molecule has 1 amide bonds. The monoisotopic (exact) mass is 276 g/mol. The summed E-state index contributed by atoms with van der Waals surface area (Å²) in [5.74, 6) is 5.48. The molecule has 0 spiro atoms. The zero-order valence-corrected chi connectivity index (χ0v) is 11.7. The number of pyridine rings is 1. The number of nitrogens with zero attached hydrogens (tertiary/aromatic N) is 1. The van der Waals surface area contributed by atoms with Crippen LogP contribution in [0.1, 0.15) is 35.7 Å². The van der Waals surface area contributed by atoms with Crippen molar-refractivity contribution in [1.82, 2.24) is 10.3 Å². The summed E-state index contributed by atoms with van der Waals surface area (Å²) in [6.45, 7) is 3.86. The molecule has 0 aromatic carbocycles. The first kappa shape index (κ1) is 16.2. The molecule has 1 aromatic rings. The van der Waals surface area contributed by atoms with Gasteiger partial charge in [-0.2, -0.15) is 0 Å². The normalized spacial score (nSPS) is 9.70. The number of aliphatic hydroxyl groups is 1. The van der Waals surface area contributed by atoms with E-state index in [-0.39, 0.29) is 12.5 Å². The first-order valence-corrected chi connectivity index (χ1v) is 6.68. The number of aliphatic hydroxyl groups excluding tert-OH is 1. The largest absolute Gasteiger partial charge is 0.395 e. The van der Waals surface area contributed by atoms with E-state index in [2.05, 4.69) is 22.1 Å². The van der Waals surface area contributed by atoms with Crippen LogP contribution < -0.4 is 5.32 Å². The summed E-state index contributed by atoms with van der Waals surface area (Å²) in [5.41, 5.74) is 1.15. The van der Waals surface area contributed by atoms with E-state index >= 15 is 0 Å². The number of amides is 1. The van der Waals surface area contributed by atoms with E-state index in [1.165, 1.54) is 6.20 Å². The van der Waals surface area contributed by atoms with Crippen LogP contribution in [0.25, 0.3) is 0 Å². The molecule has 0 aliphatic heterocycles. The van der Waals surface area contributed by atoms with E-state index < -0.39 is 0 Å². The van der Waals surface area contributed by atoms with Crippen LogP contribution in [-0.4, -0.2) is 42.4 Å². The second-order valence-electron chi connectivity index (χ2n) is 4.04. The second-order valence-corrected chi connectivity index (χ2v) is 4.04. The van der Waals surface area contributed by atoms with Gasteiger partial charge in [0, 0.05) is 44.1 Å². The van der Waals surface area contributed by atoms with Gasteiger partial charge in [0.05, 0.1) is 12.2 Å². The van der Waals surface area contributed by atoms with Crippen molar-refractivity contribution >= 4 is 5.91 Å². The molecule has 20 heavy (non-hydrogen) atoms. The number of ether oxygens (including phenoxy) is 1. The van der Waals surface area contributed by atoms with E-state index in [1.807, 2.05) is 6.92 Å². The maximum atomic E-state index is 11.9. The molecule has 0 radical (unpaired) electrons. The van der Waals surface area contributed by atoms with Gasteiger partial charge in [-0.05, 0) is 19.4 Å². The lowest BCUT2D eigenvalue weighted by Crippen LogP contribution is -2.25. The molecular weight excluding hydrogens is 256 g/mol. The molecule has 0 fully saturated rings. The molecule has 2 N–H and O–H groups in total. The van der Waals surface area contributed by atoms with Crippen molar-refractivity contribution in [3.8, 4) is 11.8 Å². The fourth-order valence-corrected chi connectivity index (χ4v) is 1.48. The Labute approximate surface area is 119 Å². The number of hydrogen-bond acceptors (Lipinski definition) is 4. The van der Waals surface area contributed by atoms with Gasteiger partial charge in [0.15, 0.2) is 0 Å². The predicted octanol–water partition coefficient (Wildman–Crippen LogP) is 0.972. The summed E-state index contributed by atoms with van der Waals surface area (Å²) in [4.78, 5) is 15.9. The average molecular weight is 276 g/mol. The maximum Gasteiger partial charge on any atom is 0.252 e. The molecular formula is C15H20N2O3. The van der Waals surface area contributed by atoms with Crippen molar-refractivity contribution in [2.45, 2.75) is 19.8 Å². The summed E-state index contributed by atoms with van der Waals surface area (Å²) in [5, 5.41) is 11.5. The van der Waals surface area contributed by atoms with Crippen molar-refractivity contribution in [2.75, 3.05) is 26.4 Å². The average Bonchev–Trinajstić information content (AvgIpc) is 2.47. The van der Waals surface area contributed by atoms with Gasteiger partial charge in [-0.25, -0.2) is 0 Å². The lowest BCUT2D eigenvalue weighted by molar-refractivity contribution is 0.0944. The van der Waals surface area contributed by atoms with Crippen molar-refractivity contribution in [2.24, 2.45) is 0 Å². The van der Waals surface area contributed by atoms with Gasteiger partial charge >= 0.3 is 0 Å². The summed E-state index contributed by atoms with van der Waals surface area (Å²) >= 11 is 0. The molecule has 1 aromatic heterocycles. The number of aromatic nitrogens is 1. The number of hydrogen-bond donors (Lipinski definition) is 2. The molecule has 0 saturated heterocycles. The third kappa shape index (κ3) is 6.32. The van der Waals surface area contributed by atoms with Gasteiger partial charge in [0.2, 0.25) is 0 Å². The van der Waals surface area contributed by atoms with Crippen molar-refractivity contribution < 1.29 is 14.6 Å². The zero-order chi connectivity index (χ0) is 14.6. The SMILES string of the molecule is CCOCCCNC(=O)c1cncc(C#CCCO)c1. The van der Waals surface area contributed by atoms with E-state index in [4.69, 9.17) is 9.84 Å². The maximum absolute atomic E-state index is 11.9. The molecule has 5 heteroatoms. The molecule has 1 heterocycles. The minimum Gasteiger partial charge on any atom is -0.395 e. The van der Waals surface area contributed by atoms with E-state index in [1.54, 1.807) is 12.3 Å². The van der Waals surface area contributed by atoms with Crippen LogP contribution in [-0.2, 0) is 4.74 Å². The smallest absolute Gasteiger partial charge is 0.252 e. The molecule has 0 aliphatic rings. The summed E-state index contributed by atoms with van der Waals surface area (Å²) in [7, 11) is 0. The molecule has 0 unspecified atom stereocenters. The van der Waals surface area contributed by atoms with Crippen molar-refractivity contribution in [1.29, 1.82) is 0 Å². The first-order valence-electron chi connectivity index (χ1n) is 6.68. The van der Waals surface area contributed by atoms with Crippen LogP contribution in [0.15, 0.2) is 18.5 Å². The molecule has 0 saturated carbocycles. The molecule has 0 bridgehead atoms. The number of nitrogens with one attached hydrogen (secondary N) is 1. The highest BCUT2D eigenvalue weighted by Crippen LogP contribution is 2.01. The summed E-state index contributed by atoms with van der Waals surface area (Å²) < 4.78 is 5.19. The standard InChI is InChI=1S/C15H20N2O3/c1-2-20-9-5-7-17-15(19)14-10-13(11-16-12-14)6-3-4-8-18/h10-12,18H,2,4-5,7-9H2,1H3,(H,17,19). The van der Waals surface area contributed by atoms with Crippen LogP contribution in [0, 0.1) is 11.8 Å². The van der Waals surface area contributed by atoms with Crippen LogP contribution in [0.2, 0.25) is 0 Å². The van der Waals surface area contributed by atoms with Gasteiger partial charge in [-0.1, -0.05) is 11.8 Å². The topological polar surface area (TPSA) is 71.5 Å². The Morgan fingerprint density at radius 1 is 1.50 bits per heavy atom. The Balaban J connectivity index is 2.48. The van der Waals surface area contributed by atoms with E-state index in [0.717, 1.165) is 6.42 Å². The van der Waals surface area contributed by atoms with Gasteiger partial charge in [0.1, 0.15) is 0 Å². The Kier molecular flexibility index (Phi) is 8.04. The second kappa shape index (κ2) is 9.96. The highest BCUT2D eigenvalue weighted by atomic mass is 16.5. The lowest BCUT2D eigenvalue weighted by atomic mass is 10.2. The molecule has 0 aliphatic carbocycles. The summed E-state index contributed by atoms with van der Waals surface area (Å²) in [6, 6.07) is 1.69. The van der Waals surface area contributed by atoms with Gasteiger partial charge < -0.3 is 15.2 Å². The van der Waals surface area contributed by atoms with Gasteiger partial charge in [-0.3, -0.25) is 9.78 Å². The zero-order valence-electron chi connectivity index (χ0n) is 11.7. The van der Waals surface area contributed by atoms with Crippen LogP contribution in [0.3, 0.4) is 0 Å². The first-order chi connectivity index (χ1) is 9.77. The third-order valence-corrected chi connectivity index (χ3v) is 2.43. The lowest BCUT2D eigenvalue weighted by Gasteiger charge is -2.05. The number of rotatable bonds is 7. The highest BCUT2D eigenvalue weighted by Gasteiger charge is 2.05. The van der Waals surface area contributed by atoms with Crippen LogP contribution in [0.4, 0.5) is 0 Å². The predicted molar refractivity (Wildman–Crippen MR) is 76.3 cm³/mol. The highest BCUT2D eigenvalue weighted by molar-refractivity contribution is 5.94. The van der Waals surface area contributed by atoms with Crippen molar-refractivity contribution in [3.05, 3.63) is 29.6 Å². The van der Waals surface area contributed by atoms with Gasteiger partial charge in [-0.15, -0.1) is 0 Å². The van der Waals surface area contributed by atoms with E-state index in [0.29, 0.717) is 37.3 Å². The Morgan fingerprint density at radius 2 is 2.35 bits per heavy atom. The fourth-order valence-electron chi connectivity index (χ4n) is 1.48. The molecule has 5 nitrogen and oxygen atoms in total. The Morgan fingerprint density at radius 3 is 3.10 bits per heavy atom. The van der Waals surface area contributed by atoms with Crippen molar-refractivity contribution in [3.63, 3.8) is 0 Å². The minimum atomic E-state index is -0.167. The molecule has 0 atom stereocenters. The van der Waals surface area contributed by atoms with E-state index in [9.17, 15) is 4.79 Å². The molecule has 1 rings (SSSR count). The van der Waals surface area contributed by atoms with Crippen LogP contribution >= 0.6 is 0 Å². The van der Waals surface area contributed by atoms with Gasteiger partial charge in [0.25, 0.3) is 5.91 Å². The van der Waals surface area contributed by atoms with Crippen LogP contribution in [0.5, 0.6) is 0 Å². The quantitative estimate of drug-likeness (QED) is 0.575. The Bertz CT molecular complexity index is 477. The number of carbonyl (C=O) groups excluding carboxylic acids is 1. The summed E-state index contributed by atoms with van der Waals surface area (Å²) in [6.07, 6.45) is 4.29.